The largest absolute Gasteiger partial charge is 0.748 e. The molecule has 6 nitrogen and oxygen atoms in total. The van der Waals surface area contributed by atoms with Crippen molar-refractivity contribution >= 4 is 21.9 Å². The Balaban J connectivity index is 1.50. The van der Waals surface area contributed by atoms with Crippen LogP contribution >= 0.6 is 0 Å². The van der Waals surface area contributed by atoms with Crippen molar-refractivity contribution < 1.29 is 27.3 Å². The Labute approximate surface area is 162 Å². The Hall–Kier alpha value is -0.950. The first-order chi connectivity index (χ1) is 12.5. The lowest BCUT2D eigenvalue weighted by Crippen LogP contribution is -2.54. The van der Waals surface area contributed by atoms with E-state index in [1.165, 1.54) is 19.3 Å². The second-order valence-corrected chi connectivity index (χ2v) is 11.1. The second kappa shape index (κ2) is 7.47. The van der Waals surface area contributed by atoms with Gasteiger partial charge in [0.15, 0.2) is 0 Å². The average Bonchev–Trinajstić information content (AvgIpc) is 2.51. The van der Waals surface area contributed by atoms with E-state index in [9.17, 15) is 22.6 Å². The van der Waals surface area contributed by atoms with Gasteiger partial charge in [0, 0.05) is 12.2 Å². The zero-order chi connectivity index (χ0) is 19.9. The molecule has 7 heteroatoms. The zero-order valence-corrected chi connectivity index (χ0v) is 17.2. The Bertz CT molecular complexity index is 658. The van der Waals surface area contributed by atoms with Crippen LogP contribution in [0.5, 0.6) is 0 Å². The van der Waals surface area contributed by atoms with Crippen LogP contribution in [0.15, 0.2) is 0 Å². The Morgan fingerprint density at radius 3 is 2.00 bits per heavy atom. The van der Waals surface area contributed by atoms with Crippen molar-refractivity contribution in [3.05, 3.63) is 0 Å². The molecule has 0 aromatic heterocycles. The number of rotatable bonds is 9. The molecule has 0 spiro atoms. The van der Waals surface area contributed by atoms with E-state index >= 15 is 0 Å². The topological polar surface area (TPSA) is 101 Å². The van der Waals surface area contributed by atoms with Crippen LogP contribution in [0.1, 0.15) is 78.1 Å². The Kier molecular flexibility index (Phi) is 5.75. The maximum Gasteiger partial charge on any atom is 0.319 e. The van der Waals surface area contributed by atoms with Crippen molar-refractivity contribution in [2.75, 3.05) is 5.75 Å². The lowest BCUT2D eigenvalue weighted by Gasteiger charge is -2.56. The summed E-state index contributed by atoms with van der Waals surface area (Å²) in [6.07, 6.45) is 8.01. The summed E-state index contributed by atoms with van der Waals surface area (Å²) in [5.74, 6) is 0.998. The summed E-state index contributed by atoms with van der Waals surface area (Å²) in [5, 5.41) is 0. The Morgan fingerprint density at radius 1 is 1.00 bits per heavy atom. The predicted octanol–water partition coefficient (Wildman–Crippen LogP) is 3.20. The molecule has 0 amide bonds. The highest BCUT2D eigenvalue weighted by Gasteiger charge is 2.54. The van der Waals surface area contributed by atoms with Crippen LogP contribution in [-0.2, 0) is 24.4 Å². The van der Waals surface area contributed by atoms with E-state index in [0.717, 1.165) is 19.3 Å². The SMILES string of the molecule is CC(C)(C(=O)CCCCCS(=O)(=O)[O-])C(=O)OC12CC3CC(CC(C3)C1)C2. The smallest absolute Gasteiger partial charge is 0.319 e. The van der Waals surface area contributed by atoms with Crippen molar-refractivity contribution in [2.24, 2.45) is 23.2 Å². The van der Waals surface area contributed by atoms with Gasteiger partial charge in [0.05, 0.1) is 10.1 Å². The molecule has 0 aromatic rings. The molecule has 154 valence electrons. The molecule has 4 aliphatic carbocycles. The molecule has 0 heterocycles. The van der Waals surface area contributed by atoms with Crippen LogP contribution in [0.2, 0.25) is 0 Å². The van der Waals surface area contributed by atoms with Crippen molar-refractivity contribution in [2.45, 2.75) is 83.7 Å². The van der Waals surface area contributed by atoms with Gasteiger partial charge < -0.3 is 9.29 Å². The third-order valence-electron chi connectivity index (χ3n) is 6.80. The number of ketones is 1. The van der Waals surface area contributed by atoms with E-state index in [0.29, 0.717) is 30.6 Å². The van der Waals surface area contributed by atoms with E-state index in [1.54, 1.807) is 13.8 Å². The quantitative estimate of drug-likeness (QED) is 0.255. The number of ether oxygens (including phenoxy) is 1. The molecule has 4 rings (SSSR count). The van der Waals surface area contributed by atoms with Gasteiger partial charge in [-0.2, -0.15) is 0 Å². The summed E-state index contributed by atoms with van der Waals surface area (Å²) < 4.78 is 37.8. The summed E-state index contributed by atoms with van der Waals surface area (Å²) in [4.78, 5) is 25.4. The molecule has 4 aliphatic rings. The predicted molar refractivity (Wildman–Crippen MR) is 98.8 cm³/mol. The monoisotopic (exact) mass is 399 g/mol. The molecule has 0 saturated heterocycles. The van der Waals surface area contributed by atoms with Gasteiger partial charge >= 0.3 is 5.97 Å². The maximum atomic E-state index is 12.8. The van der Waals surface area contributed by atoms with Crippen LogP contribution in [0, 0.1) is 23.2 Å². The first-order valence-corrected chi connectivity index (χ1v) is 11.8. The normalized spacial score (nSPS) is 32.5. The molecule has 0 N–H and O–H groups in total. The van der Waals surface area contributed by atoms with Crippen LogP contribution in [0.4, 0.5) is 0 Å². The first kappa shape index (κ1) is 20.8. The van der Waals surface area contributed by atoms with Gasteiger partial charge in [-0.15, -0.1) is 0 Å². The highest BCUT2D eigenvalue weighted by Crippen LogP contribution is 2.57. The number of hydrogen-bond acceptors (Lipinski definition) is 6. The fourth-order valence-corrected chi connectivity index (χ4v) is 6.21. The van der Waals surface area contributed by atoms with Gasteiger partial charge in [-0.1, -0.05) is 6.42 Å². The maximum absolute atomic E-state index is 12.8. The number of esters is 1. The number of carbonyl (C=O) groups excluding carboxylic acids is 2. The van der Waals surface area contributed by atoms with E-state index in [2.05, 4.69) is 0 Å². The summed E-state index contributed by atoms with van der Waals surface area (Å²) in [6, 6.07) is 0. The molecule has 27 heavy (non-hydrogen) atoms. The minimum absolute atomic E-state index is 0.179. The molecule has 0 aromatic carbocycles. The van der Waals surface area contributed by atoms with Gasteiger partial charge in [0.2, 0.25) is 0 Å². The summed E-state index contributed by atoms with van der Waals surface area (Å²) in [7, 11) is -4.20. The number of unbranched alkanes of at least 4 members (excludes halogenated alkanes) is 2. The fraction of sp³-hybridized carbons (Fsp3) is 0.900. The molecule has 4 bridgehead atoms. The minimum atomic E-state index is -4.20. The van der Waals surface area contributed by atoms with E-state index in [4.69, 9.17) is 4.74 Å². The number of hydrogen-bond donors (Lipinski definition) is 0. The van der Waals surface area contributed by atoms with Crippen LogP contribution in [0.3, 0.4) is 0 Å². The first-order valence-electron chi connectivity index (χ1n) is 10.2. The Morgan fingerprint density at radius 2 is 1.52 bits per heavy atom. The lowest BCUT2D eigenvalue weighted by atomic mass is 9.54. The summed E-state index contributed by atoms with van der Waals surface area (Å²) in [5.41, 5.74) is -1.54. The van der Waals surface area contributed by atoms with Gasteiger partial charge in [0.25, 0.3) is 0 Å². The van der Waals surface area contributed by atoms with Crippen molar-refractivity contribution in [1.29, 1.82) is 0 Å². The van der Waals surface area contributed by atoms with Crippen molar-refractivity contribution in [1.82, 2.24) is 0 Å². The van der Waals surface area contributed by atoms with Gasteiger partial charge in [-0.25, -0.2) is 8.42 Å². The van der Waals surface area contributed by atoms with E-state index in [-0.39, 0.29) is 24.2 Å². The molecule has 4 fully saturated rings. The fourth-order valence-electron chi connectivity index (χ4n) is 5.65. The zero-order valence-electron chi connectivity index (χ0n) is 16.4. The minimum Gasteiger partial charge on any atom is -0.748 e. The number of carbonyl (C=O) groups is 2. The van der Waals surface area contributed by atoms with E-state index < -0.39 is 27.3 Å². The highest BCUT2D eigenvalue weighted by molar-refractivity contribution is 7.85. The molecule has 0 aliphatic heterocycles. The molecule has 0 atom stereocenters. The molecule has 0 unspecified atom stereocenters. The molecule has 0 radical (unpaired) electrons. The average molecular weight is 400 g/mol. The van der Waals surface area contributed by atoms with Crippen molar-refractivity contribution in [3.8, 4) is 0 Å². The summed E-state index contributed by atoms with van der Waals surface area (Å²) in [6.45, 7) is 3.25. The lowest BCUT2D eigenvalue weighted by molar-refractivity contribution is -0.196. The summed E-state index contributed by atoms with van der Waals surface area (Å²) >= 11 is 0. The highest BCUT2D eigenvalue weighted by atomic mass is 32.2. The van der Waals surface area contributed by atoms with Crippen molar-refractivity contribution in [3.63, 3.8) is 0 Å². The molecule has 4 saturated carbocycles. The van der Waals surface area contributed by atoms with Crippen LogP contribution in [-0.4, -0.2) is 36.1 Å². The second-order valence-electron chi connectivity index (χ2n) is 9.61. The van der Waals surface area contributed by atoms with Gasteiger partial charge in [0.1, 0.15) is 16.8 Å². The number of Topliss-reactive ketones (excluding diaryl/α,β-unsaturated/α-hetero) is 1. The van der Waals surface area contributed by atoms with Crippen LogP contribution < -0.4 is 0 Å². The van der Waals surface area contributed by atoms with Crippen LogP contribution in [0.25, 0.3) is 0 Å². The van der Waals surface area contributed by atoms with Gasteiger partial charge in [-0.05, 0) is 83.0 Å². The third-order valence-corrected chi connectivity index (χ3v) is 7.59. The molecular formula is C20H31O6S-. The standard InChI is InChI=1S/C20H32O6S/c1-19(2,17(21)6-4-3-5-7-27(23,24)25)18(22)26-20-11-14-8-15(12-20)10-16(9-14)13-20/h14-16H,3-13H2,1-2H3,(H,23,24,25)/p-1. The molecular weight excluding hydrogens is 368 g/mol. The van der Waals surface area contributed by atoms with E-state index in [1.807, 2.05) is 0 Å². The van der Waals surface area contributed by atoms with Gasteiger partial charge in [-0.3, -0.25) is 9.59 Å². The third kappa shape index (κ3) is 4.91.